The fourth-order valence-corrected chi connectivity index (χ4v) is 3.13. The van der Waals surface area contributed by atoms with E-state index >= 15 is 0 Å². The number of aromatic nitrogens is 2. The summed E-state index contributed by atoms with van der Waals surface area (Å²) in [6, 6.07) is 8.91. The third-order valence-corrected chi connectivity index (χ3v) is 4.53. The average Bonchev–Trinajstić information content (AvgIpc) is 2.69. The van der Waals surface area contributed by atoms with E-state index in [4.69, 9.17) is 9.47 Å². The van der Waals surface area contributed by atoms with Crippen LogP contribution < -0.4 is 9.64 Å². The third kappa shape index (κ3) is 4.91. The summed E-state index contributed by atoms with van der Waals surface area (Å²) in [7, 11) is 0. The molecule has 8 heteroatoms. The van der Waals surface area contributed by atoms with E-state index in [-0.39, 0.29) is 11.6 Å². The molecule has 0 saturated carbocycles. The molecule has 0 N–H and O–H groups in total. The van der Waals surface area contributed by atoms with Gasteiger partial charge in [0.25, 0.3) is 0 Å². The van der Waals surface area contributed by atoms with Gasteiger partial charge in [-0.05, 0) is 37.3 Å². The maximum atomic E-state index is 11.7. The van der Waals surface area contributed by atoms with Crippen LogP contribution in [0.4, 0.5) is 11.5 Å². The van der Waals surface area contributed by atoms with Gasteiger partial charge in [0.15, 0.2) is 0 Å². The summed E-state index contributed by atoms with van der Waals surface area (Å²) in [4.78, 5) is 21.4. The van der Waals surface area contributed by atoms with Gasteiger partial charge in [-0.3, -0.25) is 10.1 Å². The van der Waals surface area contributed by atoms with E-state index in [0.717, 1.165) is 32.5 Å². The van der Waals surface area contributed by atoms with Crippen LogP contribution in [0.2, 0.25) is 0 Å². The zero-order valence-electron chi connectivity index (χ0n) is 15.4. The molecule has 0 aliphatic carbocycles. The lowest BCUT2D eigenvalue weighted by atomic mass is 9.98. The number of hydrogen-bond donors (Lipinski definition) is 0. The first-order chi connectivity index (χ1) is 13.2. The van der Waals surface area contributed by atoms with Gasteiger partial charge in [-0.15, -0.1) is 0 Å². The minimum absolute atomic E-state index is 0.0374. The lowest BCUT2D eigenvalue weighted by Gasteiger charge is -2.32. The predicted octanol–water partition coefficient (Wildman–Crippen LogP) is 3.82. The van der Waals surface area contributed by atoms with Crippen molar-refractivity contribution in [2.75, 3.05) is 31.2 Å². The summed E-state index contributed by atoms with van der Waals surface area (Å²) in [5.41, 5.74) is -0.193. The molecule has 27 heavy (non-hydrogen) atoms. The van der Waals surface area contributed by atoms with Crippen LogP contribution in [-0.4, -0.2) is 41.2 Å². The molecule has 0 amide bonds. The molecule has 1 aliphatic rings. The van der Waals surface area contributed by atoms with Crippen LogP contribution in [0.25, 0.3) is 0 Å². The monoisotopic (exact) mass is 372 g/mol. The fourth-order valence-electron chi connectivity index (χ4n) is 3.13. The van der Waals surface area contributed by atoms with E-state index in [9.17, 15) is 10.1 Å². The maximum Gasteiger partial charge on any atom is 0.373 e. The van der Waals surface area contributed by atoms with E-state index in [1.54, 1.807) is 24.3 Å². The maximum absolute atomic E-state index is 11.7. The van der Waals surface area contributed by atoms with Crippen LogP contribution in [-0.2, 0) is 4.74 Å². The first-order valence-corrected chi connectivity index (χ1v) is 9.24. The Morgan fingerprint density at radius 1 is 1.22 bits per heavy atom. The van der Waals surface area contributed by atoms with Gasteiger partial charge in [-0.1, -0.05) is 25.1 Å². The zero-order valence-corrected chi connectivity index (χ0v) is 15.4. The molecule has 0 bridgehead atoms. The third-order valence-electron chi connectivity index (χ3n) is 4.53. The largest absolute Gasteiger partial charge is 0.434 e. The molecule has 1 aliphatic heterocycles. The molecule has 3 rings (SSSR count). The minimum atomic E-state index is -0.468. The standard InChI is InChI=1S/C19H24N4O4/c1-2-12-26-13-15-8-10-22(11-9-15)18-17(23(24)25)19(21-14-20-18)27-16-6-4-3-5-7-16/h3-7,14-15H,2,8-13H2,1H3. The molecule has 0 atom stereocenters. The van der Waals surface area contributed by atoms with Gasteiger partial charge in [0, 0.05) is 26.3 Å². The molecular formula is C19H24N4O4. The number of nitrogens with zero attached hydrogens (tertiary/aromatic N) is 4. The smallest absolute Gasteiger partial charge is 0.373 e. The predicted molar refractivity (Wildman–Crippen MR) is 101 cm³/mol. The molecule has 8 nitrogen and oxygen atoms in total. The van der Waals surface area contributed by atoms with Crippen molar-refractivity contribution in [1.82, 2.24) is 9.97 Å². The van der Waals surface area contributed by atoms with Gasteiger partial charge in [0.05, 0.1) is 4.92 Å². The lowest BCUT2D eigenvalue weighted by molar-refractivity contribution is -0.385. The Morgan fingerprint density at radius 3 is 2.63 bits per heavy atom. The summed E-state index contributed by atoms with van der Waals surface area (Å²) in [5.74, 6) is 1.25. The molecule has 2 aromatic rings. The Hall–Kier alpha value is -2.74. The highest BCUT2D eigenvalue weighted by atomic mass is 16.6. The second-order valence-corrected chi connectivity index (χ2v) is 6.53. The molecule has 1 aromatic heterocycles. The highest BCUT2D eigenvalue weighted by Gasteiger charge is 2.31. The molecule has 1 aromatic carbocycles. The number of anilines is 1. The Morgan fingerprint density at radius 2 is 1.96 bits per heavy atom. The normalized spacial score (nSPS) is 14.9. The van der Waals surface area contributed by atoms with Gasteiger partial charge in [-0.2, -0.15) is 4.98 Å². The number of rotatable bonds is 8. The molecule has 0 spiro atoms. The second-order valence-electron chi connectivity index (χ2n) is 6.53. The van der Waals surface area contributed by atoms with Crippen LogP contribution >= 0.6 is 0 Å². The van der Waals surface area contributed by atoms with Crippen LogP contribution in [0.1, 0.15) is 26.2 Å². The fraction of sp³-hybridized carbons (Fsp3) is 0.474. The number of piperidine rings is 1. The highest BCUT2D eigenvalue weighted by Crippen LogP contribution is 2.37. The van der Waals surface area contributed by atoms with E-state index in [1.165, 1.54) is 6.33 Å². The van der Waals surface area contributed by atoms with Crippen LogP contribution in [0.3, 0.4) is 0 Å². The summed E-state index contributed by atoms with van der Waals surface area (Å²) in [5, 5.41) is 11.7. The Labute approximate surface area is 158 Å². The van der Waals surface area contributed by atoms with Crippen molar-refractivity contribution >= 4 is 11.5 Å². The molecule has 0 unspecified atom stereocenters. The highest BCUT2D eigenvalue weighted by molar-refractivity contribution is 5.63. The van der Waals surface area contributed by atoms with Crippen molar-refractivity contribution in [1.29, 1.82) is 0 Å². The molecule has 144 valence electrons. The van der Waals surface area contributed by atoms with E-state index in [1.807, 2.05) is 11.0 Å². The van der Waals surface area contributed by atoms with Crippen molar-refractivity contribution in [3.63, 3.8) is 0 Å². The zero-order chi connectivity index (χ0) is 19.1. The van der Waals surface area contributed by atoms with Crippen molar-refractivity contribution in [3.05, 3.63) is 46.8 Å². The molecule has 2 heterocycles. The number of benzene rings is 1. The van der Waals surface area contributed by atoms with Crippen molar-refractivity contribution in [2.45, 2.75) is 26.2 Å². The summed E-state index contributed by atoms with van der Waals surface area (Å²) >= 11 is 0. The topological polar surface area (TPSA) is 90.6 Å². The second kappa shape index (κ2) is 9.27. The average molecular weight is 372 g/mol. The van der Waals surface area contributed by atoms with Crippen molar-refractivity contribution in [3.8, 4) is 11.6 Å². The summed E-state index contributed by atoms with van der Waals surface area (Å²) in [6.45, 7) is 5.01. The van der Waals surface area contributed by atoms with Gasteiger partial charge < -0.3 is 14.4 Å². The quantitative estimate of drug-likeness (QED) is 0.395. The van der Waals surface area contributed by atoms with E-state index < -0.39 is 4.92 Å². The van der Waals surface area contributed by atoms with Gasteiger partial charge in [0.2, 0.25) is 5.82 Å². The van der Waals surface area contributed by atoms with Gasteiger partial charge >= 0.3 is 11.6 Å². The SMILES string of the molecule is CCCOCC1CCN(c2ncnc(Oc3ccccc3)c2[N+](=O)[O-])CC1. The molecular weight excluding hydrogens is 348 g/mol. The number of nitro groups is 1. The summed E-state index contributed by atoms with van der Waals surface area (Å²) < 4.78 is 11.3. The molecule has 1 fully saturated rings. The lowest BCUT2D eigenvalue weighted by Crippen LogP contribution is -2.36. The van der Waals surface area contributed by atoms with Crippen molar-refractivity contribution in [2.24, 2.45) is 5.92 Å². The van der Waals surface area contributed by atoms with Gasteiger partial charge in [0.1, 0.15) is 12.1 Å². The number of hydrogen-bond acceptors (Lipinski definition) is 7. The number of para-hydroxylation sites is 1. The van der Waals surface area contributed by atoms with E-state index in [0.29, 0.717) is 30.6 Å². The van der Waals surface area contributed by atoms with Gasteiger partial charge in [-0.25, -0.2) is 4.98 Å². The van der Waals surface area contributed by atoms with Crippen LogP contribution in [0.5, 0.6) is 11.6 Å². The Bertz CT molecular complexity index is 749. The van der Waals surface area contributed by atoms with Crippen molar-refractivity contribution < 1.29 is 14.4 Å². The van der Waals surface area contributed by atoms with E-state index in [2.05, 4.69) is 16.9 Å². The minimum Gasteiger partial charge on any atom is -0.434 e. The summed E-state index contributed by atoms with van der Waals surface area (Å²) in [6.07, 6.45) is 4.16. The Balaban J connectivity index is 1.74. The van der Waals surface area contributed by atoms with Crippen LogP contribution in [0.15, 0.2) is 36.7 Å². The molecule has 0 radical (unpaired) electrons. The molecule has 1 saturated heterocycles. The van der Waals surface area contributed by atoms with Crippen LogP contribution in [0, 0.1) is 16.0 Å². The number of ether oxygens (including phenoxy) is 2. The first kappa shape index (κ1) is 19.0. The first-order valence-electron chi connectivity index (χ1n) is 9.24. The Kier molecular flexibility index (Phi) is 6.54.